The zero-order valence-electron chi connectivity index (χ0n) is 10.5. The molecular formula is C12H15F3N2O2. The van der Waals surface area contributed by atoms with Crippen LogP contribution < -0.4 is 15.8 Å². The highest BCUT2D eigenvalue weighted by atomic mass is 19.4. The summed E-state index contributed by atoms with van der Waals surface area (Å²) in [5, 5.41) is 2.61. The Bertz CT molecular complexity index is 459. The predicted molar refractivity (Wildman–Crippen MR) is 63.7 cm³/mol. The minimum absolute atomic E-state index is 0.0725. The molecule has 1 aromatic rings. The van der Waals surface area contributed by atoms with Crippen LogP contribution in [0.25, 0.3) is 0 Å². The molecule has 0 unspecified atom stereocenters. The average Bonchev–Trinajstić information content (AvgIpc) is 2.26. The van der Waals surface area contributed by atoms with Crippen molar-refractivity contribution in [3.8, 4) is 5.75 Å². The van der Waals surface area contributed by atoms with Gasteiger partial charge in [-0.15, -0.1) is 13.2 Å². The van der Waals surface area contributed by atoms with Crippen molar-refractivity contribution in [3.05, 3.63) is 29.8 Å². The van der Waals surface area contributed by atoms with E-state index in [1.807, 2.05) is 0 Å². The number of benzene rings is 1. The smallest absolute Gasteiger partial charge is 0.406 e. The Labute approximate surface area is 108 Å². The van der Waals surface area contributed by atoms with Crippen molar-refractivity contribution in [1.82, 2.24) is 5.32 Å². The average molecular weight is 276 g/mol. The number of ether oxygens (including phenoxy) is 1. The maximum atomic E-state index is 12.1. The quantitative estimate of drug-likeness (QED) is 0.884. The lowest BCUT2D eigenvalue weighted by Crippen LogP contribution is -2.48. The number of rotatable bonds is 4. The summed E-state index contributed by atoms with van der Waals surface area (Å²) in [6.45, 7) is 3.62. The highest BCUT2D eigenvalue weighted by Crippen LogP contribution is 2.23. The van der Waals surface area contributed by atoms with E-state index in [2.05, 4.69) is 10.1 Å². The van der Waals surface area contributed by atoms with E-state index in [0.717, 1.165) is 12.1 Å². The van der Waals surface area contributed by atoms with Crippen LogP contribution in [0.2, 0.25) is 0 Å². The third-order valence-corrected chi connectivity index (χ3v) is 2.29. The van der Waals surface area contributed by atoms with Crippen molar-refractivity contribution in [2.45, 2.75) is 25.7 Å². The molecule has 106 valence electrons. The first-order chi connectivity index (χ1) is 8.63. The van der Waals surface area contributed by atoms with Crippen LogP contribution in [0.1, 0.15) is 24.2 Å². The van der Waals surface area contributed by atoms with Crippen LogP contribution in [0.5, 0.6) is 5.75 Å². The largest absolute Gasteiger partial charge is 0.573 e. The number of hydrogen-bond acceptors (Lipinski definition) is 3. The van der Waals surface area contributed by atoms with Crippen LogP contribution in [0.4, 0.5) is 13.2 Å². The predicted octanol–water partition coefficient (Wildman–Crippen LogP) is 2.05. The van der Waals surface area contributed by atoms with Gasteiger partial charge in [-0.1, -0.05) is 6.07 Å². The van der Waals surface area contributed by atoms with E-state index in [9.17, 15) is 18.0 Å². The number of nitrogens with two attached hydrogens (primary N) is 1. The lowest BCUT2D eigenvalue weighted by molar-refractivity contribution is -0.274. The molecule has 0 fully saturated rings. The second-order valence-electron chi connectivity index (χ2n) is 4.62. The molecule has 4 nitrogen and oxygen atoms in total. The first-order valence-corrected chi connectivity index (χ1v) is 5.51. The molecule has 0 saturated carbocycles. The number of amides is 1. The van der Waals surface area contributed by atoms with Gasteiger partial charge in [0.05, 0.1) is 0 Å². The van der Waals surface area contributed by atoms with E-state index in [4.69, 9.17) is 5.73 Å². The Morgan fingerprint density at radius 3 is 2.53 bits per heavy atom. The molecule has 3 N–H and O–H groups in total. The van der Waals surface area contributed by atoms with Crippen LogP contribution in [-0.4, -0.2) is 24.4 Å². The van der Waals surface area contributed by atoms with E-state index >= 15 is 0 Å². The number of carbonyl (C=O) groups excluding carboxylic acids is 1. The van der Waals surface area contributed by atoms with E-state index in [1.54, 1.807) is 13.8 Å². The highest BCUT2D eigenvalue weighted by molar-refractivity contribution is 5.95. The molecule has 0 atom stereocenters. The van der Waals surface area contributed by atoms with Crippen molar-refractivity contribution in [2.75, 3.05) is 6.54 Å². The summed E-state index contributed by atoms with van der Waals surface area (Å²) in [7, 11) is 0. The second kappa shape index (κ2) is 5.48. The fraction of sp³-hybridized carbons (Fsp3) is 0.417. The molecule has 0 spiro atoms. The van der Waals surface area contributed by atoms with Gasteiger partial charge >= 0.3 is 6.36 Å². The van der Waals surface area contributed by atoms with Crippen LogP contribution in [0.15, 0.2) is 24.3 Å². The lowest BCUT2D eigenvalue weighted by atomic mass is 10.1. The molecule has 0 aliphatic carbocycles. The van der Waals surface area contributed by atoms with Crippen LogP contribution >= 0.6 is 0 Å². The van der Waals surface area contributed by atoms with Crippen molar-refractivity contribution < 1.29 is 22.7 Å². The van der Waals surface area contributed by atoms with Gasteiger partial charge in [-0.2, -0.15) is 0 Å². The van der Waals surface area contributed by atoms with E-state index < -0.39 is 23.6 Å². The van der Waals surface area contributed by atoms with Gasteiger partial charge in [0.1, 0.15) is 5.75 Å². The SMILES string of the molecule is CC(C)(CN)NC(=O)c1cccc(OC(F)(F)F)c1. The molecule has 1 aromatic carbocycles. The molecule has 0 aliphatic heterocycles. The van der Waals surface area contributed by atoms with E-state index in [1.165, 1.54) is 12.1 Å². The molecule has 19 heavy (non-hydrogen) atoms. The van der Waals surface area contributed by atoms with Gasteiger partial charge in [-0.25, -0.2) is 0 Å². The third-order valence-electron chi connectivity index (χ3n) is 2.29. The summed E-state index contributed by atoms with van der Waals surface area (Å²) in [4.78, 5) is 11.8. The fourth-order valence-electron chi connectivity index (χ4n) is 1.26. The van der Waals surface area contributed by atoms with Crippen molar-refractivity contribution in [3.63, 3.8) is 0 Å². The minimum Gasteiger partial charge on any atom is -0.406 e. The van der Waals surface area contributed by atoms with Crippen LogP contribution in [0, 0.1) is 0 Å². The molecule has 1 rings (SSSR count). The van der Waals surface area contributed by atoms with Crippen LogP contribution in [-0.2, 0) is 0 Å². The zero-order valence-corrected chi connectivity index (χ0v) is 10.5. The second-order valence-corrected chi connectivity index (χ2v) is 4.62. The molecule has 0 saturated heterocycles. The zero-order chi connectivity index (χ0) is 14.7. The summed E-state index contributed by atoms with van der Waals surface area (Å²) < 4.78 is 39.9. The summed E-state index contributed by atoms with van der Waals surface area (Å²) in [5.41, 5.74) is 4.89. The van der Waals surface area contributed by atoms with Crippen molar-refractivity contribution >= 4 is 5.91 Å². The van der Waals surface area contributed by atoms with Crippen molar-refractivity contribution in [2.24, 2.45) is 5.73 Å². The van der Waals surface area contributed by atoms with E-state index in [0.29, 0.717) is 0 Å². The molecule has 7 heteroatoms. The molecule has 1 amide bonds. The number of hydrogen-bond donors (Lipinski definition) is 2. The molecule has 0 aliphatic rings. The molecular weight excluding hydrogens is 261 g/mol. The van der Waals surface area contributed by atoms with E-state index in [-0.39, 0.29) is 12.1 Å². The molecule has 0 heterocycles. The topological polar surface area (TPSA) is 64.3 Å². The Morgan fingerprint density at radius 2 is 2.00 bits per heavy atom. The standard InChI is InChI=1S/C12H15F3N2O2/c1-11(2,7-16)17-10(18)8-4-3-5-9(6-8)19-12(13,14)15/h3-6H,7,16H2,1-2H3,(H,17,18). The number of nitrogens with one attached hydrogen (secondary N) is 1. The normalized spacial score (nSPS) is 12.1. The number of carbonyl (C=O) groups is 1. The van der Waals surface area contributed by atoms with Gasteiger partial charge in [-0.05, 0) is 32.0 Å². The van der Waals surface area contributed by atoms with Crippen LogP contribution in [0.3, 0.4) is 0 Å². The van der Waals surface area contributed by atoms with Gasteiger partial charge in [0.2, 0.25) is 0 Å². The van der Waals surface area contributed by atoms with Gasteiger partial charge in [0.25, 0.3) is 5.91 Å². The fourth-order valence-corrected chi connectivity index (χ4v) is 1.26. The first kappa shape index (κ1) is 15.3. The summed E-state index contributed by atoms with van der Waals surface area (Å²) in [5.74, 6) is -0.950. The Kier molecular flexibility index (Phi) is 4.41. The molecule has 0 bridgehead atoms. The lowest BCUT2D eigenvalue weighted by Gasteiger charge is -2.24. The van der Waals surface area contributed by atoms with Crippen molar-refractivity contribution in [1.29, 1.82) is 0 Å². The monoisotopic (exact) mass is 276 g/mol. The minimum atomic E-state index is -4.79. The Morgan fingerprint density at radius 1 is 1.37 bits per heavy atom. The number of alkyl halides is 3. The third kappa shape index (κ3) is 5.17. The maximum Gasteiger partial charge on any atom is 0.573 e. The summed E-state index contributed by atoms with van der Waals surface area (Å²) >= 11 is 0. The Hall–Kier alpha value is -1.76. The summed E-state index contributed by atoms with van der Waals surface area (Å²) in [6, 6.07) is 4.85. The molecule has 0 radical (unpaired) electrons. The van der Waals surface area contributed by atoms with Gasteiger partial charge in [-0.3, -0.25) is 4.79 Å². The number of halogens is 3. The summed E-state index contributed by atoms with van der Waals surface area (Å²) in [6.07, 6.45) is -4.79. The van der Waals surface area contributed by atoms with Gasteiger partial charge in [0.15, 0.2) is 0 Å². The Balaban J connectivity index is 2.85. The van der Waals surface area contributed by atoms with Gasteiger partial charge < -0.3 is 15.8 Å². The highest BCUT2D eigenvalue weighted by Gasteiger charge is 2.31. The maximum absolute atomic E-state index is 12.1. The first-order valence-electron chi connectivity index (χ1n) is 5.51. The van der Waals surface area contributed by atoms with Gasteiger partial charge in [0, 0.05) is 17.6 Å². The molecule has 0 aromatic heterocycles.